The molecule has 1 unspecified atom stereocenters. The summed E-state index contributed by atoms with van der Waals surface area (Å²) in [7, 11) is 3.20. The molecule has 1 aliphatic heterocycles. The van der Waals surface area contributed by atoms with Crippen LogP contribution in [0.4, 0.5) is 0 Å². The topological polar surface area (TPSA) is 69.0 Å². The summed E-state index contributed by atoms with van der Waals surface area (Å²) in [5, 5.41) is 8.69. The van der Waals surface area contributed by atoms with Crippen LogP contribution in [0.25, 0.3) is 16.6 Å². The lowest BCUT2D eigenvalue weighted by atomic mass is 10.1. The van der Waals surface area contributed by atoms with E-state index in [1.165, 1.54) is 7.11 Å². The molecule has 140 valence electrons. The Bertz CT molecular complexity index is 969. The predicted octanol–water partition coefficient (Wildman–Crippen LogP) is 2.71. The number of rotatable bonds is 5. The quantitative estimate of drug-likeness (QED) is 0.694. The molecule has 1 fully saturated rings. The van der Waals surface area contributed by atoms with Gasteiger partial charge in [0.05, 0.1) is 18.7 Å². The first-order chi connectivity index (χ1) is 13.2. The largest absolute Gasteiger partial charge is 0.497 e. The Labute approximate surface area is 157 Å². The molecule has 0 saturated carbocycles. The lowest BCUT2D eigenvalue weighted by Gasteiger charge is -2.23. The van der Waals surface area contributed by atoms with Crippen molar-refractivity contribution in [3.8, 4) is 16.9 Å². The first-order valence-electron chi connectivity index (χ1n) is 8.99. The van der Waals surface area contributed by atoms with Gasteiger partial charge in [0.2, 0.25) is 5.91 Å². The zero-order valence-electron chi connectivity index (χ0n) is 15.5. The molecule has 1 saturated heterocycles. The summed E-state index contributed by atoms with van der Waals surface area (Å²) in [5.74, 6) is 0.805. The van der Waals surface area contributed by atoms with Crippen molar-refractivity contribution in [2.75, 3.05) is 27.4 Å². The average Bonchev–Trinajstić information content (AvgIpc) is 3.34. The highest BCUT2D eigenvalue weighted by Crippen LogP contribution is 2.33. The van der Waals surface area contributed by atoms with Crippen molar-refractivity contribution in [1.29, 1.82) is 0 Å². The van der Waals surface area contributed by atoms with Gasteiger partial charge in [0.1, 0.15) is 18.1 Å². The number of methoxy groups -OCH3 is 2. The molecule has 1 aliphatic rings. The van der Waals surface area contributed by atoms with E-state index in [2.05, 4.69) is 10.3 Å². The smallest absolute Gasteiger partial charge is 0.249 e. The van der Waals surface area contributed by atoms with Crippen LogP contribution in [0.3, 0.4) is 0 Å². The molecule has 27 heavy (non-hydrogen) atoms. The minimum absolute atomic E-state index is 0.00542. The number of hydrogen-bond donors (Lipinski definition) is 0. The number of nitrogens with zero attached hydrogens (tertiary/aromatic N) is 4. The summed E-state index contributed by atoms with van der Waals surface area (Å²) in [6.07, 6.45) is 3.80. The van der Waals surface area contributed by atoms with E-state index in [0.29, 0.717) is 0 Å². The van der Waals surface area contributed by atoms with Crippen LogP contribution in [-0.2, 0) is 9.53 Å². The van der Waals surface area contributed by atoms with E-state index in [4.69, 9.17) is 9.47 Å². The van der Waals surface area contributed by atoms with Crippen molar-refractivity contribution >= 4 is 11.4 Å². The van der Waals surface area contributed by atoms with Crippen molar-refractivity contribution < 1.29 is 14.3 Å². The lowest BCUT2D eigenvalue weighted by Crippen LogP contribution is -2.33. The first kappa shape index (κ1) is 17.5. The molecule has 0 radical (unpaired) electrons. The highest BCUT2D eigenvalue weighted by molar-refractivity contribution is 5.78. The molecule has 7 nitrogen and oxygen atoms in total. The normalized spacial score (nSPS) is 16.8. The van der Waals surface area contributed by atoms with Crippen LogP contribution >= 0.6 is 0 Å². The molecule has 4 rings (SSSR count). The SMILES string of the molecule is COCC(=O)N1CCCC1c1nnn2cc(-c3cccc(OC)c3)ccc12. The summed E-state index contributed by atoms with van der Waals surface area (Å²) in [4.78, 5) is 14.2. The standard InChI is InChI=1S/C20H22N4O3/c1-26-13-19(25)23-10-4-7-17(23)20-18-9-8-15(12-24(18)22-21-20)14-5-3-6-16(11-14)27-2/h3,5-6,8-9,11-12,17H,4,7,10,13H2,1-2H3. The van der Waals surface area contributed by atoms with Gasteiger partial charge in [0, 0.05) is 25.4 Å². The van der Waals surface area contributed by atoms with Crippen LogP contribution in [-0.4, -0.2) is 53.0 Å². The van der Waals surface area contributed by atoms with E-state index < -0.39 is 0 Å². The molecule has 0 aliphatic carbocycles. The van der Waals surface area contributed by atoms with E-state index in [1.54, 1.807) is 11.6 Å². The van der Waals surface area contributed by atoms with Crippen molar-refractivity contribution in [3.05, 3.63) is 48.3 Å². The summed E-state index contributed by atoms with van der Waals surface area (Å²) in [6, 6.07) is 11.9. The Balaban J connectivity index is 1.67. The van der Waals surface area contributed by atoms with Crippen LogP contribution in [0.15, 0.2) is 42.6 Å². The molecule has 3 heterocycles. The Kier molecular flexibility index (Phi) is 4.77. The molecule has 0 bridgehead atoms. The van der Waals surface area contributed by atoms with E-state index in [-0.39, 0.29) is 18.6 Å². The van der Waals surface area contributed by atoms with Gasteiger partial charge >= 0.3 is 0 Å². The van der Waals surface area contributed by atoms with Gasteiger partial charge in [0.15, 0.2) is 0 Å². The second kappa shape index (κ2) is 7.36. The highest BCUT2D eigenvalue weighted by Gasteiger charge is 2.32. The second-order valence-electron chi connectivity index (χ2n) is 6.63. The van der Waals surface area contributed by atoms with Gasteiger partial charge in [-0.1, -0.05) is 23.4 Å². The minimum Gasteiger partial charge on any atom is -0.497 e. The molecular weight excluding hydrogens is 344 g/mol. The number of amides is 1. The molecule has 1 aromatic carbocycles. The van der Waals surface area contributed by atoms with Gasteiger partial charge in [-0.15, -0.1) is 5.10 Å². The summed E-state index contributed by atoms with van der Waals surface area (Å²) < 4.78 is 12.1. The van der Waals surface area contributed by atoms with E-state index in [1.807, 2.05) is 47.5 Å². The van der Waals surface area contributed by atoms with Crippen molar-refractivity contribution in [2.24, 2.45) is 0 Å². The third-order valence-corrected chi connectivity index (χ3v) is 5.00. The molecule has 0 spiro atoms. The van der Waals surface area contributed by atoms with E-state index >= 15 is 0 Å². The van der Waals surface area contributed by atoms with Gasteiger partial charge in [-0.25, -0.2) is 4.52 Å². The summed E-state index contributed by atoms with van der Waals surface area (Å²) >= 11 is 0. The van der Waals surface area contributed by atoms with Gasteiger partial charge in [0.25, 0.3) is 0 Å². The van der Waals surface area contributed by atoms with Crippen LogP contribution in [0, 0.1) is 0 Å². The Hall–Kier alpha value is -2.93. The fourth-order valence-electron chi connectivity index (χ4n) is 3.68. The summed E-state index contributed by atoms with van der Waals surface area (Å²) in [6.45, 7) is 0.823. The maximum atomic E-state index is 12.3. The average molecular weight is 366 g/mol. The number of fused-ring (bicyclic) bond motifs is 1. The van der Waals surface area contributed by atoms with E-state index in [0.717, 1.165) is 47.5 Å². The number of likely N-dealkylation sites (tertiary alicyclic amines) is 1. The fraction of sp³-hybridized carbons (Fsp3) is 0.350. The maximum Gasteiger partial charge on any atom is 0.249 e. The zero-order valence-corrected chi connectivity index (χ0v) is 15.5. The fourth-order valence-corrected chi connectivity index (χ4v) is 3.68. The van der Waals surface area contributed by atoms with Crippen molar-refractivity contribution in [2.45, 2.75) is 18.9 Å². The number of ether oxygens (including phenoxy) is 2. The van der Waals surface area contributed by atoms with Gasteiger partial charge in [-0.3, -0.25) is 4.79 Å². The van der Waals surface area contributed by atoms with Gasteiger partial charge in [-0.05, 0) is 36.6 Å². The van der Waals surface area contributed by atoms with Gasteiger partial charge < -0.3 is 14.4 Å². The van der Waals surface area contributed by atoms with Crippen molar-refractivity contribution in [1.82, 2.24) is 19.7 Å². The molecular formula is C20H22N4O3. The molecule has 7 heteroatoms. The number of hydrogen-bond acceptors (Lipinski definition) is 5. The number of aromatic nitrogens is 3. The first-order valence-corrected chi connectivity index (χ1v) is 8.99. The van der Waals surface area contributed by atoms with E-state index in [9.17, 15) is 4.79 Å². The Morgan fingerprint density at radius 3 is 2.93 bits per heavy atom. The molecule has 2 aromatic heterocycles. The van der Waals surface area contributed by atoms with Crippen LogP contribution < -0.4 is 4.74 Å². The third kappa shape index (κ3) is 3.26. The van der Waals surface area contributed by atoms with Crippen LogP contribution in [0.2, 0.25) is 0 Å². The Morgan fingerprint density at radius 1 is 1.22 bits per heavy atom. The van der Waals surface area contributed by atoms with Crippen molar-refractivity contribution in [3.63, 3.8) is 0 Å². The third-order valence-electron chi connectivity index (χ3n) is 5.00. The molecule has 0 N–H and O–H groups in total. The van der Waals surface area contributed by atoms with Crippen LogP contribution in [0.1, 0.15) is 24.6 Å². The predicted molar refractivity (Wildman–Crippen MR) is 101 cm³/mol. The number of carbonyl (C=O) groups excluding carboxylic acids is 1. The number of benzene rings is 1. The number of carbonyl (C=O) groups is 1. The van der Waals surface area contributed by atoms with Crippen LogP contribution in [0.5, 0.6) is 5.75 Å². The Morgan fingerprint density at radius 2 is 2.11 bits per heavy atom. The van der Waals surface area contributed by atoms with Gasteiger partial charge in [-0.2, -0.15) is 0 Å². The summed E-state index contributed by atoms with van der Waals surface area (Å²) in [5.41, 5.74) is 3.83. The molecule has 3 aromatic rings. The maximum absolute atomic E-state index is 12.3. The monoisotopic (exact) mass is 366 g/mol. The molecule has 1 amide bonds. The minimum atomic E-state index is -0.0483. The second-order valence-corrected chi connectivity index (χ2v) is 6.63. The lowest BCUT2D eigenvalue weighted by molar-refractivity contribution is -0.136. The number of pyridine rings is 1. The highest BCUT2D eigenvalue weighted by atomic mass is 16.5. The zero-order chi connectivity index (χ0) is 18.8. The molecule has 1 atom stereocenters.